The third kappa shape index (κ3) is 16.5. The molecular formula is C31H61N2+. The second kappa shape index (κ2) is 23.0. The van der Waals surface area contributed by atoms with Crippen LogP contribution in [-0.2, 0) is 19.5 Å². The number of rotatable bonds is 25. The van der Waals surface area contributed by atoms with Crippen LogP contribution in [0, 0.1) is 0 Å². The number of aryl methyl sites for hydroxylation is 2. The number of imidazole rings is 1. The number of hydrogen-bond donors (Lipinski definition) is 0. The lowest BCUT2D eigenvalue weighted by molar-refractivity contribution is -0.704. The van der Waals surface area contributed by atoms with Gasteiger partial charge in [0.25, 0.3) is 5.82 Å². The van der Waals surface area contributed by atoms with Gasteiger partial charge in [0.15, 0.2) is 0 Å². The van der Waals surface area contributed by atoms with Crippen LogP contribution in [0.5, 0.6) is 0 Å². The summed E-state index contributed by atoms with van der Waals surface area (Å²) < 4.78 is 5.19. The molecule has 0 atom stereocenters. The van der Waals surface area contributed by atoms with Gasteiger partial charge in [-0.1, -0.05) is 130 Å². The maximum Gasteiger partial charge on any atom is 0.256 e. The van der Waals surface area contributed by atoms with Crippen molar-refractivity contribution in [2.75, 3.05) is 0 Å². The van der Waals surface area contributed by atoms with Crippen LogP contribution in [0.2, 0.25) is 0 Å². The van der Waals surface area contributed by atoms with Crippen molar-refractivity contribution in [1.82, 2.24) is 4.57 Å². The van der Waals surface area contributed by atoms with Gasteiger partial charge < -0.3 is 0 Å². The molecule has 1 aromatic rings. The summed E-state index contributed by atoms with van der Waals surface area (Å²) in [4.78, 5) is 0. The van der Waals surface area contributed by atoms with Crippen LogP contribution in [0.3, 0.4) is 0 Å². The fourth-order valence-corrected chi connectivity index (χ4v) is 5.09. The molecular weight excluding hydrogens is 400 g/mol. The van der Waals surface area contributed by atoms with Gasteiger partial charge in [0.05, 0.1) is 13.1 Å². The monoisotopic (exact) mass is 461 g/mol. The molecule has 0 amide bonds. The number of nitrogens with zero attached hydrogens (tertiary/aromatic N) is 2. The predicted octanol–water partition coefficient (Wildman–Crippen LogP) is 9.96. The van der Waals surface area contributed by atoms with Gasteiger partial charge in [-0.3, -0.25) is 0 Å². The van der Waals surface area contributed by atoms with Crippen LogP contribution in [0.25, 0.3) is 0 Å². The molecule has 2 nitrogen and oxygen atoms in total. The molecule has 0 saturated carbocycles. The van der Waals surface area contributed by atoms with Crippen molar-refractivity contribution >= 4 is 0 Å². The van der Waals surface area contributed by atoms with Gasteiger partial charge in [0, 0.05) is 6.42 Å². The predicted molar refractivity (Wildman–Crippen MR) is 147 cm³/mol. The van der Waals surface area contributed by atoms with Crippen molar-refractivity contribution in [2.24, 2.45) is 0 Å². The van der Waals surface area contributed by atoms with Crippen LogP contribution >= 0.6 is 0 Å². The smallest absolute Gasteiger partial charge is 0.234 e. The van der Waals surface area contributed by atoms with Crippen LogP contribution < -0.4 is 4.57 Å². The lowest BCUT2D eigenvalue weighted by Crippen LogP contribution is -2.37. The molecule has 1 heterocycles. The molecule has 2 heteroatoms. The highest BCUT2D eigenvalue weighted by atomic mass is 15.1. The average Bonchev–Trinajstić information content (AvgIpc) is 3.21. The van der Waals surface area contributed by atoms with Gasteiger partial charge in [0.1, 0.15) is 12.4 Å². The summed E-state index contributed by atoms with van der Waals surface area (Å²) in [6, 6.07) is 0. The fraction of sp³-hybridized carbons (Fsp3) is 0.903. The standard InChI is InChI=1S/C31H61N2/c1-4-7-10-13-14-15-16-17-18-19-22-25-28-33-30-29-32(27-24-21-12-9-6-3)31(33)26-23-20-11-8-5-2/h29-30H,4-28H2,1-3H3/q+1. The summed E-state index contributed by atoms with van der Waals surface area (Å²) in [5, 5.41) is 0. The summed E-state index contributed by atoms with van der Waals surface area (Å²) in [6.45, 7) is 9.37. The third-order valence-corrected chi connectivity index (χ3v) is 7.35. The van der Waals surface area contributed by atoms with Gasteiger partial charge in [-0.2, -0.15) is 0 Å². The second-order valence-corrected chi connectivity index (χ2v) is 10.6. The Labute approximate surface area is 208 Å². The average molecular weight is 462 g/mol. The second-order valence-electron chi connectivity index (χ2n) is 10.6. The third-order valence-electron chi connectivity index (χ3n) is 7.35. The van der Waals surface area contributed by atoms with Crippen LogP contribution in [0.15, 0.2) is 12.4 Å². The van der Waals surface area contributed by atoms with E-state index in [9.17, 15) is 0 Å². The Balaban J connectivity index is 2.26. The molecule has 0 bridgehead atoms. The Hall–Kier alpha value is -0.790. The van der Waals surface area contributed by atoms with Crippen LogP contribution in [0.1, 0.15) is 168 Å². The summed E-state index contributed by atoms with van der Waals surface area (Å²) >= 11 is 0. The summed E-state index contributed by atoms with van der Waals surface area (Å²) in [7, 11) is 0. The number of aromatic nitrogens is 2. The lowest BCUT2D eigenvalue weighted by Gasteiger charge is -2.07. The summed E-state index contributed by atoms with van der Waals surface area (Å²) in [5.41, 5.74) is 0. The SMILES string of the molecule is CCCCCCCCCCCCCCn1cc[n+](CCCCCCC)c1CCCCCCC. The van der Waals surface area contributed by atoms with E-state index >= 15 is 0 Å². The minimum Gasteiger partial charge on any atom is -0.234 e. The lowest BCUT2D eigenvalue weighted by atomic mass is 10.1. The molecule has 0 aliphatic carbocycles. The zero-order valence-corrected chi connectivity index (χ0v) is 23.2. The Morgan fingerprint density at radius 2 is 0.939 bits per heavy atom. The molecule has 0 radical (unpaired) electrons. The Bertz CT molecular complexity index is 519. The van der Waals surface area contributed by atoms with E-state index in [0.29, 0.717) is 0 Å². The van der Waals surface area contributed by atoms with E-state index < -0.39 is 0 Å². The first-order valence-corrected chi connectivity index (χ1v) is 15.4. The molecule has 1 aromatic heterocycles. The molecule has 194 valence electrons. The highest BCUT2D eigenvalue weighted by Crippen LogP contribution is 2.13. The van der Waals surface area contributed by atoms with Gasteiger partial charge in [-0.05, 0) is 32.1 Å². The molecule has 0 aromatic carbocycles. The zero-order valence-electron chi connectivity index (χ0n) is 23.2. The highest BCUT2D eigenvalue weighted by Gasteiger charge is 2.16. The highest BCUT2D eigenvalue weighted by molar-refractivity contribution is 4.84. The van der Waals surface area contributed by atoms with E-state index in [0.717, 1.165) is 0 Å². The maximum absolute atomic E-state index is 2.60. The van der Waals surface area contributed by atoms with E-state index in [2.05, 4.69) is 42.3 Å². The fourth-order valence-electron chi connectivity index (χ4n) is 5.09. The molecule has 0 saturated heterocycles. The van der Waals surface area contributed by atoms with Crippen LogP contribution in [0.4, 0.5) is 0 Å². The summed E-state index contributed by atoms with van der Waals surface area (Å²) in [5.74, 6) is 1.60. The topological polar surface area (TPSA) is 8.81 Å². The Morgan fingerprint density at radius 1 is 0.515 bits per heavy atom. The van der Waals surface area contributed by atoms with Gasteiger partial charge >= 0.3 is 0 Å². The Kier molecular flexibility index (Phi) is 21.1. The molecule has 0 spiro atoms. The first-order chi connectivity index (χ1) is 16.3. The Morgan fingerprint density at radius 3 is 1.45 bits per heavy atom. The van der Waals surface area contributed by atoms with Gasteiger partial charge in [-0.15, -0.1) is 0 Å². The first-order valence-electron chi connectivity index (χ1n) is 15.4. The van der Waals surface area contributed by atoms with Crippen molar-refractivity contribution in [3.8, 4) is 0 Å². The molecule has 0 aliphatic rings. The molecule has 0 aliphatic heterocycles. The minimum absolute atomic E-state index is 1.22. The van der Waals surface area contributed by atoms with E-state index in [-0.39, 0.29) is 0 Å². The van der Waals surface area contributed by atoms with Gasteiger partial charge in [-0.25, -0.2) is 9.13 Å². The largest absolute Gasteiger partial charge is 0.256 e. The number of hydrogen-bond acceptors (Lipinski definition) is 0. The summed E-state index contributed by atoms with van der Waals surface area (Å²) in [6.07, 6.45) is 37.0. The molecule has 33 heavy (non-hydrogen) atoms. The van der Waals surface area contributed by atoms with E-state index in [4.69, 9.17) is 0 Å². The van der Waals surface area contributed by atoms with Gasteiger partial charge in [0.2, 0.25) is 0 Å². The van der Waals surface area contributed by atoms with Crippen molar-refractivity contribution in [3.05, 3.63) is 18.2 Å². The van der Waals surface area contributed by atoms with E-state index in [1.807, 2.05) is 0 Å². The maximum atomic E-state index is 2.60. The zero-order chi connectivity index (χ0) is 23.8. The van der Waals surface area contributed by atoms with Crippen LogP contribution in [-0.4, -0.2) is 4.57 Å². The molecule has 0 N–H and O–H groups in total. The molecule has 0 fully saturated rings. The molecule has 1 rings (SSSR count). The van der Waals surface area contributed by atoms with E-state index in [1.54, 1.807) is 5.82 Å². The normalized spacial score (nSPS) is 11.5. The van der Waals surface area contributed by atoms with E-state index in [1.165, 1.54) is 161 Å². The molecule has 0 unspecified atom stereocenters. The van der Waals surface area contributed by atoms with Crippen molar-refractivity contribution < 1.29 is 4.57 Å². The van der Waals surface area contributed by atoms with Crippen molar-refractivity contribution in [3.63, 3.8) is 0 Å². The number of unbranched alkanes of at least 4 members (excludes halogenated alkanes) is 19. The van der Waals surface area contributed by atoms with Crippen molar-refractivity contribution in [2.45, 2.75) is 182 Å². The first kappa shape index (κ1) is 30.2. The minimum atomic E-state index is 1.22. The van der Waals surface area contributed by atoms with Crippen molar-refractivity contribution in [1.29, 1.82) is 0 Å². The quantitative estimate of drug-likeness (QED) is 0.101.